The van der Waals surface area contributed by atoms with E-state index < -0.39 is 6.10 Å². The predicted molar refractivity (Wildman–Crippen MR) is 82.8 cm³/mol. The molecule has 0 unspecified atom stereocenters. The molecule has 0 amide bonds. The number of rotatable bonds is 9. The number of benzene rings is 1. The monoisotopic (exact) mass is 326 g/mol. The minimum absolute atomic E-state index is 0.0282. The van der Waals surface area contributed by atoms with E-state index >= 15 is 0 Å². The van der Waals surface area contributed by atoms with Gasteiger partial charge in [-0.2, -0.15) is 0 Å². The molecule has 19 heavy (non-hydrogen) atoms. The van der Waals surface area contributed by atoms with Crippen molar-refractivity contribution < 1.29 is 9.90 Å². The molecular formula is C16H23BrO2. The van der Waals surface area contributed by atoms with Crippen LogP contribution >= 0.6 is 15.9 Å². The normalized spacial score (nSPS) is 14.1. The van der Waals surface area contributed by atoms with E-state index in [2.05, 4.69) is 22.9 Å². The molecule has 3 heteroatoms. The minimum Gasteiger partial charge on any atom is -0.392 e. The molecule has 0 saturated heterocycles. The first-order chi connectivity index (χ1) is 9.20. The van der Waals surface area contributed by atoms with Crippen LogP contribution in [0.1, 0.15) is 49.4 Å². The van der Waals surface area contributed by atoms with Gasteiger partial charge in [0.05, 0.1) is 12.0 Å². The van der Waals surface area contributed by atoms with Crippen molar-refractivity contribution in [1.29, 1.82) is 0 Å². The van der Waals surface area contributed by atoms with Gasteiger partial charge in [-0.05, 0) is 6.42 Å². The van der Waals surface area contributed by atoms with Crippen LogP contribution in [0.5, 0.6) is 0 Å². The summed E-state index contributed by atoms with van der Waals surface area (Å²) in [5.74, 6) is -0.315. The van der Waals surface area contributed by atoms with Gasteiger partial charge in [-0.15, -0.1) is 0 Å². The molecule has 2 atom stereocenters. The number of ketones is 1. The maximum Gasteiger partial charge on any atom is 0.169 e. The summed E-state index contributed by atoms with van der Waals surface area (Å²) in [4.78, 5) is 12.3. The maximum absolute atomic E-state index is 12.3. The van der Waals surface area contributed by atoms with Crippen molar-refractivity contribution in [2.45, 2.75) is 45.1 Å². The van der Waals surface area contributed by atoms with Gasteiger partial charge >= 0.3 is 0 Å². The molecule has 0 aliphatic rings. The van der Waals surface area contributed by atoms with E-state index in [1.165, 1.54) is 12.8 Å². The van der Waals surface area contributed by atoms with Gasteiger partial charge in [-0.3, -0.25) is 4.79 Å². The summed E-state index contributed by atoms with van der Waals surface area (Å²) in [7, 11) is 0. The van der Waals surface area contributed by atoms with Gasteiger partial charge in [0.2, 0.25) is 0 Å². The van der Waals surface area contributed by atoms with Crippen LogP contribution in [0.15, 0.2) is 30.3 Å². The van der Waals surface area contributed by atoms with E-state index in [1.807, 2.05) is 30.3 Å². The fourth-order valence-electron chi connectivity index (χ4n) is 2.15. The van der Waals surface area contributed by atoms with Crippen LogP contribution in [0.4, 0.5) is 0 Å². The van der Waals surface area contributed by atoms with Crippen LogP contribution < -0.4 is 0 Å². The van der Waals surface area contributed by atoms with Crippen molar-refractivity contribution in [1.82, 2.24) is 0 Å². The van der Waals surface area contributed by atoms with E-state index in [1.54, 1.807) is 0 Å². The Morgan fingerprint density at radius 3 is 2.47 bits per heavy atom. The van der Waals surface area contributed by atoms with Crippen molar-refractivity contribution in [3.05, 3.63) is 35.9 Å². The van der Waals surface area contributed by atoms with Gasteiger partial charge in [-0.25, -0.2) is 0 Å². The summed E-state index contributed by atoms with van der Waals surface area (Å²) in [6, 6.07) is 9.21. The van der Waals surface area contributed by atoms with Crippen molar-refractivity contribution in [2.24, 2.45) is 5.92 Å². The minimum atomic E-state index is -0.552. The van der Waals surface area contributed by atoms with Crippen LogP contribution in [0.3, 0.4) is 0 Å². The molecule has 0 spiro atoms. The second-order valence-electron chi connectivity index (χ2n) is 4.91. The number of carbonyl (C=O) groups is 1. The molecule has 1 aromatic carbocycles. The summed E-state index contributed by atoms with van der Waals surface area (Å²) in [6.45, 7) is 2.16. The highest BCUT2D eigenvalue weighted by Crippen LogP contribution is 2.19. The number of aliphatic hydroxyl groups is 1. The lowest BCUT2D eigenvalue weighted by atomic mass is 9.91. The van der Waals surface area contributed by atoms with Crippen LogP contribution in [0, 0.1) is 5.92 Å². The third kappa shape index (κ3) is 5.45. The van der Waals surface area contributed by atoms with Gasteiger partial charge in [-0.1, -0.05) is 78.9 Å². The van der Waals surface area contributed by atoms with Crippen molar-refractivity contribution >= 4 is 21.7 Å². The summed E-state index contributed by atoms with van der Waals surface area (Å²) in [5.41, 5.74) is 0.680. The van der Waals surface area contributed by atoms with Gasteiger partial charge in [0, 0.05) is 10.9 Å². The zero-order chi connectivity index (χ0) is 14.1. The van der Waals surface area contributed by atoms with Gasteiger partial charge in [0.1, 0.15) is 0 Å². The molecule has 1 rings (SSSR count). The number of Topliss-reactive ketones (excluding diaryl/α,β-unsaturated/α-hetero) is 1. The Balaban J connectivity index is 2.54. The lowest BCUT2D eigenvalue weighted by molar-refractivity contribution is 0.0695. The van der Waals surface area contributed by atoms with Crippen LogP contribution in [0.25, 0.3) is 0 Å². The molecule has 2 nitrogen and oxygen atoms in total. The summed E-state index contributed by atoms with van der Waals surface area (Å²) < 4.78 is 0. The molecule has 0 fully saturated rings. The predicted octanol–water partition coefficient (Wildman–Crippen LogP) is 4.21. The smallest absolute Gasteiger partial charge is 0.169 e. The molecule has 1 N–H and O–H groups in total. The van der Waals surface area contributed by atoms with E-state index in [0.29, 0.717) is 17.3 Å². The Morgan fingerprint density at radius 1 is 1.21 bits per heavy atom. The Hall–Kier alpha value is -0.670. The molecule has 106 valence electrons. The lowest BCUT2D eigenvalue weighted by Crippen LogP contribution is -2.29. The second kappa shape index (κ2) is 9.27. The first-order valence-corrected chi connectivity index (χ1v) is 8.16. The molecule has 0 aliphatic carbocycles. The third-order valence-electron chi connectivity index (χ3n) is 3.38. The summed E-state index contributed by atoms with van der Waals surface area (Å²) in [5, 5.41) is 10.7. The maximum atomic E-state index is 12.3. The Labute approximate surface area is 124 Å². The second-order valence-corrected chi connectivity index (χ2v) is 5.56. The number of carbonyl (C=O) groups excluding carboxylic acids is 1. The Kier molecular flexibility index (Phi) is 7.99. The number of hydrogen-bond donors (Lipinski definition) is 1. The largest absolute Gasteiger partial charge is 0.392 e. The number of hydrogen-bond acceptors (Lipinski definition) is 2. The van der Waals surface area contributed by atoms with Crippen molar-refractivity contribution in [3.8, 4) is 0 Å². The topological polar surface area (TPSA) is 37.3 Å². The average Bonchev–Trinajstić information content (AvgIpc) is 2.45. The number of halogens is 1. The molecular weight excluding hydrogens is 304 g/mol. The fourth-order valence-corrected chi connectivity index (χ4v) is 2.87. The molecule has 0 aliphatic heterocycles. The van der Waals surface area contributed by atoms with E-state index in [0.717, 1.165) is 12.8 Å². The Bertz CT molecular complexity index is 364. The molecule has 0 saturated carbocycles. The molecule has 0 heterocycles. The van der Waals surface area contributed by atoms with Gasteiger partial charge < -0.3 is 5.11 Å². The van der Waals surface area contributed by atoms with Crippen LogP contribution in [-0.2, 0) is 0 Å². The van der Waals surface area contributed by atoms with Gasteiger partial charge in [0.15, 0.2) is 5.78 Å². The van der Waals surface area contributed by atoms with Crippen molar-refractivity contribution in [3.63, 3.8) is 0 Å². The first-order valence-electron chi connectivity index (χ1n) is 7.04. The summed E-state index contributed by atoms with van der Waals surface area (Å²) >= 11 is 3.36. The molecule has 0 bridgehead atoms. The van der Waals surface area contributed by atoms with E-state index in [-0.39, 0.29) is 11.7 Å². The molecule has 1 aromatic rings. The van der Waals surface area contributed by atoms with Crippen LogP contribution in [-0.4, -0.2) is 22.3 Å². The lowest BCUT2D eigenvalue weighted by Gasteiger charge is -2.19. The number of unbranched alkanes of at least 4 members (excludes halogenated alkanes) is 3. The SMILES string of the molecule is CCCCCC[C@H](O)[C@@H](CBr)C(=O)c1ccccc1. The van der Waals surface area contributed by atoms with E-state index in [9.17, 15) is 9.90 Å². The third-order valence-corrected chi connectivity index (χ3v) is 4.08. The standard InChI is InChI=1S/C16H23BrO2/c1-2-3-4-8-11-15(18)14(12-17)16(19)13-9-6-5-7-10-13/h5-7,9-10,14-15,18H,2-4,8,11-12H2,1H3/t14-,15+/m1/s1. The molecule has 0 radical (unpaired) electrons. The number of alkyl halides is 1. The highest BCUT2D eigenvalue weighted by atomic mass is 79.9. The highest BCUT2D eigenvalue weighted by molar-refractivity contribution is 9.09. The Morgan fingerprint density at radius 2 is 1.89 bits per heavy atom. The first kappa shape index (κ1) is 16.4. The number of aliphatic hydroxyl groups excluding tert-OH is 1. The van der Waals surface area contributed by atoms with E-state index in [4.69, 9.17) is 0 Å². The highest BCUT2D eigenvalue weighted by Gasteiger charge is 2.26. The quantitative estimate of drug-likeness (QED) is 0.419. The van der Waals surface area contributed by atoms with Crippen LogP contribution in [0.2, 0.25) is 0 Å². The fraction of sp³-hybridized carbons (Fsp3) is 0.562. The molecule has 0 aromatic heterocycles. The zero-order valence-corrected chi connectivity index (χ0v) is 13.1. The average molecular weight is 327 g/mol. The van der Waals surface area contributed by atoms with Crippen molar-refractivity contribution in [2.75, 3.05) is 5.33 Å². The zero-order valence-electron chi connectivity index (χ0n) is 11.5. The van der Waals surface area contributed by atoms with Gasteiger partial charge in [0.25, 0.3) is 0 Å². The summed E-state index contributed by atoms with van der Waals surface area (Å²) in [6.07, 6.45) is 4.64.